The van der Waals surface area contributed by atoms with Gasteiger partial charge in [0, 0.05) is 19.1 Å². The molecule has 2 aliphatic heterocycles. The van der Waals surface area contributed by atoms with E-state index in [9.17, 15) is 4.39 Å². The molecule has 3 fully saturated rings. The van der Waals surface area contributed by atoms with Crippen LogP contribution in [-0.2, 0) is 16.0 Å². The summed E-state index contributed by atoms with van der Waals surface area (Å²) in [6.07, 6.45) is 5.96. The van der Waals surface area contributed by atoms with Crippen LogP contribution in [0.4, 0.5) is 10.3 Å². The molecule has 150 valence electrons. The van der Waals surface area contributed by atoms with Gasteiger partial charge in [-0.3, -0.25) is 4.57 Å². The number of benzene rings is 1. The van der Waals surface area contributed by atoms with E-state index in [0.717, 1.165) is 49.9 Å². The zero-order valence-electron chi connectivity index (χ0n) is 16.1. The number of hydrogen-bond donors (Lipinski definition) is 0. The molecular weight excluding hydrogens is 359 g/mol. The second-order valence-corrected chi connectivity index (χ2v) is 8.09. The van der Waals surface area contributed by atoms with Crippen LogP contribution < -0.4 is 4.90 Å². The first-order valence-electron chi connectivity index (χ1n) is 10.4. The molecule has 28 heavy (non-hydrogen) atoms. The average Bonchev–Trinajstić information content (AvgIpc) is 3.32. The van der Waals surface area contributed by atoms with Crippen molar-refractivity contribution < 1.29 is 13.9 Å². The van der Waals surface area contributed by atoms with Crippen LogP contribution in [0.3, 0.4) is 0 Å². The van der Waals surface area contributed by atoms with E-state index in [0.29, 0.717) is 19.1 Å². The van der Waals surface area contributed by atoms with Crippen LogP contribution in [0.1, 0.15) is 55.5 Å². The van der Waals surface area contributed by atoms with Gasteiger partial charge in [0.25, 0.3) is 0 Å². The lowest BCUT2D eigenvalue weighted by Crippen LogP contribution is -2.40. The third kappa shape index (κ3) is 3.53. The first-order chi connectivity index (χ1) is 13.8. The third-order valence-electron chi connectivity index (χ3n) is 6.21. The zero-order chi connectivity index (χ0) is 18.9. The maximum absolute atomic E-state index is 13.7. The molecule has 2 saturated heterocycles. The second kappa shape index (κ2) is 7.79. The number of ether oxygens (including phenoxy) is 2. The van der Waals surface area contributed by atoms with Gasteiger partial charge in [0.2, 0.25) is 5.95 Å². The van der Waals surface area contributed by atoms with E-state index in [1.54, 1.807) is 12.1 Å². The molecule has 3 heterocycles. The third-order valence-corrected chi connectivity index (χ3v) is 6.21. The number of anilines is 1. The molecule has 0 N–H and O–H groups in total. The van der Waals surface area contributed by atoms with Crippen LogP contribution in [0, 0.1) is 5.82 Å². The van der Waals surface area contributed by atoms with Crippen LogP contribution in [0.25, 0.3) is 0 Å². The maximum Gasteiger partial charge on any atom is 0.227 e. The summed E-state index contributed by atoms with van der Waals surface area (Å²) in [7, 11) is 0. The highest BCUT2D eigenvalue weighted by Gasteiger charge is 2.32. The smallest absolute Gasteiger partial charge is 0.227 e. The van der Waals surface area contributed by atoms with Gasteiger partial charge in [0.1, 0.15) is 17.7 Å². The first-order valence-corrected chi connectivity index (χ1v) is 10.4. The summed E-state index contributed by atoms with van der Waals surface area (Å²) in [5.74, 6) is 2.29. The monoisotopic (exact) mass is 386 g/mol. The zero-order valence-corrected chi connectivity index (χ0v) is 16.1. The number of nitrogens with zero attached hydrogens (tertiary/aromatic N) is 4. The summed E-state index contributed by atoms with van der Waals surface area (Å²) in [6, 6.07) is 6.69. The van der Waals surface area contributed by atoms with E-state index >= 15 is 0 Å². The largest absolute Gasteiger partial charge is 0.376 e. The van der Waals surface area contributed by atoms with E-state index in [1.807, 2.05) is 6.07 Å². The van der Waals surface area contributed by atoms with E-state index in [-0.39, 0.29) is 18.0 Å². The summed E-state index contributed by atoms with van der Waals surface area (Å²) in [5.41, 5.74) is 0.870. The van der Waals surface area contributed by atoms with Gasteiger partial charge in [-0.05, 0) is 43.4 Å². The molecule has 7 heteroatoms. The quantitative estimate of drug-likeness (QED) is 0.788. The molecule has 5 rings (SSSR count). The van der Waals surface area contributed by atoms with Gasteiger partial charge in [0.15, 0.2) is 0 Å². The Morgan fingerprint density at radius 3 is 2.75 bits per heavy atom. The van der Waals surface area contributed by atoms with Crippen LogP contribution in [0.5, 0.6) is 0 Å². The topological polar surface area (TPSA) is 52.4 Å². The molecule has 0 bridgehead atoms. The van der Waals surface area contributed by atoms with Crippen molar-refractivity contribution >= 4 is 5.95 Å². The van der Waals surface area contributed by atoms with E-state index < -0.39 is 0 Å². The van der Waals surface area contributed by atoms with E-state index in [4.69, 9.17) is 9.47 Å². The summed E-state index contributed by atoms with van der Waals surface area (Å²) in [5, 5.41) is 9.17. The molecule has 1 saturated carbocycles. The molecule has 3 aliphatic rings. The Labute approximate surface area is 164 Å². The number of morpholine rings is 1. The van der Waals surface area contributed by atoms with Gasteiger partial charge in [-0.15, -0.1) is 10.2 Å². The van der Waals surface area contributed by atoms with Gasteiger partial charge >= 0.3 is 0 Å². The lowest BCUT2D eigenvalue weighted by atomic mass is 9.85. The van der Waals surface area contributed by atoms with Gasteiger partial charge in [-0.25, -0.2) is 4.39 Å². The van der Waals surface area contributed by atoms with Crippen molar-refractivity contribution in [2.45, 2.75) is 56.8 Å². The molecule has 1 aliphatic carbocycles. The van der Waals surface area contributed by atoms with Gasteiger partial charge in [-0.2, -0.15) is 0 Å². The average molecular weight is 386 g/mol. The molecule has 1 aromatic heterocycles. The van der Waals surface area contributed by atoms with Crippen molar-refractivity contribution in [1.29, 1.82) is 0 Å². The molecule has 2 atom stereocenters. The lowest BCUT2D eigenvalue weighted by Gasteiger charge is -2.34. The Kier molecular flexibility index (Phi) is 5.03. The van der Waals surface area contributed by atoms with Crippen molar-refractivity contribution in [2.75, 3.05) is 31.2 Å². The van der Waals surface area contributed by atoms with E-state index in [2.05, 4.69) is 19.7 Å². The van der Waals surface area contributed by atoms with Crippen LogP contribution in [-0.4, -0.2) is 47.2 Å². The molecular formula is C21H27FN4O2. The summed E-state index contributed by atoms with van der Waals surface area (Å²) < 4.78 is 27.8. The van der Waals surface area contributed by atoms with Crippen molar-refractivity contribution in [3.8, 4) is 0 Å². The highest BCUT2D eigenvalue weighted by molar-refractivity contribution is 5.35. The Bertz CT molecular complexity index is 816. The second-order valence-electron chi connectivity index (χ2n) is 8.09. The Morgan fingerprint density at radius 1 is 1.07 bits per heavy atom. The number of aromatic nitrogens is 3. The summed E-state index contributed by atoms with van der Waals surface area (Å²) >= 11 is 0. The molecule has 2 aromatic rings. The number of rotatable bonds is 5. The molecule has 0 spiro atoms. The molecule has 0 unspecified atom stereocenters. The lowest BCUT2D eigenvalue weighted by molar-refractivity contribution is 0.0384. The van der Waals surface area contributed by atoms with Crippen LogP contribution >= 0.6 is 0 Å². The molecule has 1 aromatic carbocycles. The minimum atomic E-state index is -0.230. The normalized spacial score (nSPS) is 25.8. The first kappa shape index (κ1) is 18.1. The van der Waals surface area contributed by atoms with Crippen LogP contribution in [0.15, 0.2) is 24.3 Å². The van der Waals surface area contributed by atoms with Crippen molar-refractivity contribution in [3.05, 3.63) is 41.5 Å². The predicted octanol–water partition coefficient (Wildman–Crippen LogP) is 3.44. The standard InChI is InChI=1S/C21H27FN4O2/c22-17-7-2-6-16(12-17)19-14-25(9-11-28-19)21-24-23-20(15-4-1-5-15)26(21)13-18-8-3-10-27-18/h2,6-7,12,15,18-19H,1,3-5,8-11,13-14H2/t18-,19+/m0/s1. The molecule has 6 nitrogen and oxygen atoms in total. The number of hydrogen-bond acceptors (Lipinski definition) is 5. The van der Waals surface area contributed by atoms with Gasteiger partial charge in [-0.1, -0.05) is 18.6 Å². The number of halogens is 1. The molecule has 0 radical (unpaired) electrons. The minimum absolute atomic E-state index is 0.163. The van der Waals surface area contributed by atoms with Crippen LogP contribution in [0.2, 0.25) is 0 Å². The van der Waals surface area contributed by atoms with Crippen molar-refractivity contribution in [2.24, 2.45) is 0 Å². The highest BCUT2D eigenvalue weighted by atomic mass is 19.1. The van der Waals surface area contributed by atoms with E-state index in [1.165, 1.54) is 25.3 Å². The molecule has 0 amide bonds. The Hall–Kier alpha value is -1.99. The van der Waals surface area contributed by atoms with Crippen molar-refractivity contribution in [3.63, 3.8) is 0 Å². The highest BCUT2D eigenvalue weighted by Crippen LogP contribution is 2.37. The fourth-order valence-electron chi connectivity index (χ4n) is 4.42. The Morgan fingerprint density at radius 2 is 2.00 bits per heavy atom. The minimum Gasteiger partial charge on any atom is -0.376 e. The predicted molar refractivity (Wildman–Crippen MR) is 103 cm³/mol. The summed E-state index contributed by atoms with van der Waals surface area (Å²) in [4.78, 5) is 2.24. The van der Waals surface area contributed by atoms with Gasteiger partial charge in [0.05, 0.1) is 25.8 Å². The van der Waals surface area contributed by atoms with Crippen molar-refractivity contribution in [1.82, 2.24) is 14.8 Å². The Balaban J connectivity index is 1.40. The van der Waals surface area contributed by atoms with Gasteiger partial charge < -0.3 is 14.4 Å². The fraction of sp³-hybridized carbons (Fsp3) is 0.619. The fourth-order valence-corrected chi connectivity index (χ4v) is 4.42. The SMILES string of the molecule is Fc1cccc([C@H]2CN(c3nnc(C4CCC4)n3C[C@@H]3CCCO3)CCO2)c1. The maximum atomic E-state index is 13.7. The summed E-state index contributed by atoms with van der Waals surface area (Å²) in [6.45, 7) is 3.67.